The van der Waals surface area contributed by atoms with Gasteiger partial charge >= 0.3 is 0 Å². The maximum absolute atomic E-state index is 4.54. The Morgan fingerprint density at radius 1 is 1.59 bits per heavy atom. The summed E-state index contributed by atoms with van der Waals surface area (Å²) in [6, 6.07) is 0.685. The fraction of sp³-hybridized carbons (Fsp3) is 0.769. The van der Waals surface area contributed by atoms with E-state index >= 15 is 0 Å². The normalized spacial score (nSPS) is 22.2. The number of hydrogen-bond acceptors (Lipinski definition) is 4. The first-order valence-corrected chi connectivity index (χ1v) is 7.40. The fourth-order valence-electron chi connectivity index (χ4n) is 2.46. The largest absolute Gasteiger partial charge is 0.314 e. The van der Waals surface area contributed by atoms with Crippen LogP contribution in [0.3, 0.4) is 0 Å². The zero-order valence-electron chi connectivity index (χ0n) is 11.1. The summed E-state index contributed by atoms with van der Waals surface area (Å²) in [5, 5.41) is 6.92. The number of aryl methyl sites for hydroxylation is 1. The first-order valence-electron chi connectivity index (χ1n) is 6.52. The second kappa shape index (κ2) is 5.94. The van der Waals surface area contributed by atoms with Crippen molar-refractivity contribution in [2.45, 2.75) is 33.2 Å². The van der Waals surface area contributed by atoms with Crippen LogP contribution in [0.25, 0.3) is 0 Å². The van der Waals surface area contributed by atoms with Crippen LogP contribution in [0.4, 0.5) is 0 Å². The summed E-state index contributed by atoms with van der Waals surface area (Å²) in [5.74, 6) is 0.723. The van der Waals surface area contributed by atoms with E-state index in [-0.39, 0.29) is 0 Å². The third kappa shape index (κ3) is 3.50. The molecule has 0 bridgehead atoms. The second-order valence-corrected chi connectivity index (χ2v) is 6.13. The summed E-state index contributed by atoms with van der Waals surface area (Å²) in [7, 11) is 0. The minimum atomic E-state index is 0.685. The van der Waals surface area contributed by atoms with Crippen molar-refractivity contribution in [1.29, 1.82) is 0 Å². The van der Waals surface area contributed by atoms with Gasteiger partial charge in [0.05, 0.1) is 5.01 Å². The zero-order valence-corrected chi connectivity index (χ0v) is 11.9. The summed E-state index contributed by atoms with van der Waals surface area (Å²) in [6.07, 6.45) is 1.10. The number of nitrogens with one attached hydrogen (secondary N) is 1. The van der Waals surface area contributed by atoms with Crippen molar-refractivity contribution in [3.05, 3.63) is 16.1 Å². The first-order chi connectivity index (χ1) is 8.16. The Morgan fingerprint density at radius 2 is 2.41 bits per heavy atom. The van der Waals surface area contributed by atoms with E-state index in [1.165, 1.54) is 11.6 Å². The Kier molecular flexibility index (Phi) is 4.54. The molecular formula is C13H23N3S. The highest BCUT2D eigenvalue weighted by molar-refractivity contribution is 7.09. The summed E-state index contributed by atoms with van der Waals surface area (Å²) in [5.41, 5.74) is 1.16. The summed E-state index contributed by atoms with van der Waals surface area (Å²) >= 11 is 1.79. The monoisotopic (exact) mass is 253 g/mol. The van der Waals surface area contributed by atoms with Gasteiger partial charge in [-0.15, -0.1) is 11.3 Å². The molecule has 1 fully saturated rings. The summed E-state index contributed by atoms with van der Waals surface area (Å²) in [6.45, 7) is 11.3. The van der Waals surface area contributed by atoms with Gasteiger partial charge in [0, 0.05) is 49.7 Å². The fourth-order valence-corrected chi connectivity index (χ4v) is 3.22. The Morgan fingerprint density at radius 3 is 3.06 bits per heavy atom. The molecule has 0 radical (unpaired) electrons. The molecule has 1 aliphatic heterocycles. The van der Waals surface area contributed by atoms with Crippen LogP contribution in [0, 0.1) is 12.8 Å². The van der Waals surface area contributed by atoms with Gasteiger partial charge < -0.3 is 5.32 Å². The van der Waals surface area contributed by atoms with Crippen molar-refractivity contribution in [1.82, 2.24) is 15.2 Å². The number of thiazole rings is 1. The van der Waals surface area contributed by atoms with Crippen molar-refractivity contribution in [2.75, 3.05) is 26.2 Å². The molecule has 1 aromatic rings. The Hall–Kier alpha value is -0.450. The van der Waals surface area contributed by atoms with Gasteiger partial charge in [0.2, 0.25) is 0 Å². The van der Waals surface area contributed by atoms with E-state index < -0.39 is 0 Å². The SMILES string of the molecule is Cc1csc(CCN2CCNCC2C(C)C)n1. The quantitative estimate of drug-likeness (QED) is 0.888. The summed E-state index contributed by atoms with van der Waals surface area (Å²) in [4.78, 5) is 7.16. The van der Waals surface area contributed by atoms with E-state index in [4.69, 9.17) is 0 Å². The van der Waals surface area contributed by atoms with Crippen LogP contribution in [0.5, 0.6) is 0 Å². The lowest BCUT2D eigenvalue weighted by molar-refractivity contribution is 0.126. The molecule has 2 rings (SSSR count). The van der Waals surface area contributed by atoms with E-state index in [1.807, 2.05) is 0 Å². The molecule has 1 aliphatic rings. The van der Waals surface area contributed by atoms with Crippen molar-refractivity contribution >= 4 is 11.3 Å². The van der Waals surface area contributed by atoms with Crippen LogP contribution >= 0.6 is 11.3 Å². The van der Waals surface area contributed by atoms with Crippen LogP contribution in [0.1, 0.15) is 24.5 Å². The van der Waals surface area contributed by atoms with E-state index in [1.54, 1.807) is 11.3 Å². The highest BCUT2D eigenvalue weighted by Crippen LogP contribution is 2.15. The van der Waals surface area contributed by atoms with Crippen LogP contribution in [-0.4, -0.2) is 42.1 Å². The zero-order chi connectivity index (χ0) is 12.3. The third-order valence-corrected chi connectivity index (χ3v) is 4.47. The second-order valence-electron chi connectivity index (χ2n) is 5.18. The molecule has 1 unspecified atom stereocenters. The molecule has 96 valence electrons. The van der Waals surface area contributed by atoms with Gasteiger partial charge in [-0.05, 0) is 12.8 Å². The molecule has 0 amide bonds. The molecule has 1 atom stereocenters. The van der Waals surface area contributed by atoms with Crippen molar-refractivity contribution in [2.24, 2.45) is 5.92 Å². The lowest BCUT2D eigenvalue weighted by Crippen LogP contribution is -2.53. The predicted molar refractivity (Wildman–Crippen MR) is 73.6 cm³/mol. The topological polar surface area (TPSA) is 28.2 Å². The number of piperazine rings is 1. The van der Waals surface area contributed by atoms with Gasteiger partial charge in [-0.1, -0.05) is 13.8 Å². The molecule has 4 heteroatoms. The molecule has 0 spiro atoms. The van der Waals surface area contributed by atoms with Gasteiger partial charge in [0.1, 0.15) is 0 Å². The highest BCUT2D eigenvalue weighted by atomic mass is 32.1. The average molecular weight is 253 g/mol. The Bertz CT molecular complexity index is 348. The van der Waals surface area contributed by atoms with Crippen molar-refractivity contribution in [3.8, 4) is 0 Å². The lowest BCUT2D eigenvalue weighted by atomic mass is 10.0. The third-order valence-electron chi connectivity index (χ3n) is 3.45. The smallest absolute Gasteiger partial charge is 0.0940 e. The molecule has 2 heterocycles. The van der Waals surface area contributed by atoms with E-state index in [0.717, 1.165) is 37.7 Å². The van der Waals surface area contributed by atoms with E-state index in [2.05, 4.69) is 41.4 Å². The van der Waals surface area contributed by atoms with Gasteiger partial charge in [-0.25, -0.2) is 4.98 Å². The van der Waals surface area contributed by atoms with Crippen LogP contribution < -0.4 is 5.32 Å². The van der Waals surface area contributed by atoms with E-state index in [0.29, 0.717) is 6.04 Å². The van der Waals surface area contributed by atoms with Crippen LogP contribution in [0.2, 0.25) is 0 Å². The van der Waals surface area contributed by atoms with Crippen molar-refractivity contribution < 1.29 is 0 Å². The molecule has 1 saturated heterocycles. The molecule has 0 aromatic carbocycles. The van der Waals surface area contributed by atoms with Crippen LogP contribution in [0.15, 0.2) is 5.38 Å². The summed E-state index contributed by atoms with van der Waals surface area (Å²) < 4.78 is 0. The maximum Gasteiger partial charge on any atom is 0.0940 e. The average Bonchev–Trinajstić information content (AvgIpc) is 2.73. The Balaban J connectivity index is 1.88. The van der Waals surface area contributed by atoms with Gasteiger partial charge in [0.25, 0.3) is 0 Å². The highest BCUT2D eigenvalue weighted by Gasteiger charge is 2.24. The number of hydrogen-bond donors (Lipinski definition) is 1. The Labute approximate surface area is 108 Å². The van der Waals surface area contributed by atoms with Gasteiger partial charge in [-0.2, -0.15) is 0 Å². The molecule has 17 heavy (non-hydrogen) atoms. The molecule has 1 aromatic heterocycles. The van der Waals surface area contributed by atoms with E-state index in [9.17, 15) is 0 Å². The molecule has 0 saturated carbocycles. The predicted octanol–water partition coefficient (Wildman–Crippen LogP) is 1.92. The molecule has 3 nitrogen and oxygen atoms in total. The maximum atomic E-state index is 4.54. The molecule has 1 N–H and O–H groups in total. The molecule has 0 aliphatic carbocycles. The lowest BCUT2D eigenvalue weighted by Gasteiger charge is -2.38. The first kappa shape index (κ1) is 13.0. The molecular weight excluding hydrogens is 230 g/mol. The number of aromatic nitrogens is 1. The number of nitrogens with zero attached hydrogens (tertiary/aromatic N) is 2. The van der Waals surface area contributed by atoms with Gasteiger partial charge in [-0.3, -0.25) is 4.90 Å². The standard InChI is InChI=1S/C13H23N3S/c1-10(2)12-8-14-5-7-16(12)6-4-13-15-11(3)9-17-13/h9-10,12,14H,4-8H2,1-3H3. The van der Waals surface area contributed by atoms with Crippen molar-refractivity contribution in [3.63, 3.8) is 0 Å². The number of rotatable bonds is 4. The van der Waals surface area contributed by atoms with Gasteiger partial charge in [0.15, 0.2) is 0 Å². The minimum Gasteiger partial charge on any atom is -0.314 e. The minimum absolute atomic E-state index is 0.685. The van der Waals surface area contributed by atoms with Crippen LogP contribution in [-0.2, 0) is 6.42 Å².